The van der Waals surface area contributed by atoms with Crippen LogP contribution in [0.1, 0.15) is 0 Å². The summed E-state index contributed by atoms with van der Waals surface area (Å²) in [6.45, 7) is 0. The summed E-state index contributed by atoms with van der Waals surface area (Å²) in [5, 5.41) is 0. The predicted octanol–water partition coefficient (Wildman–Crippen LogP) is 1.67. The minimum Gasteiger partial charge on any atom is -0.399 e. The van der Waals surface area contributed by atoms with E-state index >= 15 is 0 Å². The predicted molar refractivity (Wildman–Crippen MR) is 53.1 cm³/mol. The van der Waals surface area contributed by atoms with Gasteiger partial charge in [0.1, 0.15) is 0 Å². The van der Waals surface area contributed by atoms with Crippen LogP contribution in [-0.4, -0.2) is 9.55 Å². The van der Waals surface area contributed by atoms with E-state index in [1.54, 1.807) is 6.33 Å². The van der Waals surface area contributed by atoms with Gasteiger partial charge in [-0.05, 0) is 12.1 Å². The lowest BCUT2D eigenvalue weighted by atomic mass is 10.1. The summed E-state index contributed by atoms with van der Waals surface area (Å²) in [5.74, 6) is 0. The molecule has 66 valence electrons. The van der Waals surface area contributed by atoms with Gasteiger partial charge in [0.25, 0.3) is 0 Å². The highest BCUT2D eigenvalue weighted by Crippen LogP contribution is 2.17. The highest BCUT2D eigenvalue weighted by atomic mass is 15.0. The zero-order valence-electron chi connectivity index (χ0n) is 7.44. The standard InChI is InChI=1S/C10H11N3/c1-13-6-10(12-7-13)8-2-4-9(11)5-3-8/h2-7H,11H2,1H3. The van der Waals surface area contributed by atoms with E-state index < -0.39 is 0 Å². The molecule has 2 aromatic rings. The summed E-state index contributed by atoms with van der Waals surface area (Å²) in [5.41, 5.74) is 8.43. The summed E-state index contributed by atoms with van der Waals surface area (Å²) in [7, 11) is 1.95. The first-order chi connectivity index (χ1) is 6.25. The molecule has 2 rings (SSSR count). The average Bonchev–Trinajstić information content (AvgIpc) is 2.53. The lowest BCUT2D eigenvalue weighted by molar-refractivity contribution is 0.913. The number of aryl methyl sites for hydroxylation is 1. The van der Waals surface area contributed by atoms with Crippen LogP contribution < -0.4 is 5.73 Å². The Morgan fingerprint density at radius 1 is 1.23 bits per heavy atom. The van der Waals surface area contributed by atoms with Gasteiger partial charge in [-0.15, -0.1) is 0 Å². The van der Waals surface area contributed by atoms with E-state index in [1.807, 2.05) is 42.1 Å². The van der Waals surface area contributed by atoms with Gasteiger partial charge in [-0.1, -0.05) is 12.1 Å². The van der Waals surface area contributed by atoms with Crippen molar-refractivity contribution in [1.29, 1.82) is 0 Å². The van der Waals surface area contributed by atoms with Crippen molar-refractivity contribution in [1.82, 2.24) is 9.55 Å². The molecule has 0 aliphatic carbocycles. The molecule has 0 unspecified atom stereocenters. The molecule has 1 heterocycles. The Hall–Kier alpha value is -1.77. The molecule has 2 N–H and O–H groups in total. The molecule has 0 aliphatic rings. The zero-order valence-corrected chi connectivity index (χ0v) is 7.44. The molecule has 0 amide bonds. The maximum absolute atomic E-state index is 5.58. The summed E-state index contributed by atoms with van der Waals surface area (Å²) in [6.07, 6.45) is 3.76. The second kappa shape index (κ2) is 2.94. The second-order valence-corrected chi connectivity index (χ2v) is 3.05. The van der Waals surface area contributed by atoms with Crippen molar-refractivity contribution in [3.05, 3.63) is 36.8 Å². The number of nitrogen functional groups attached to an aromatic ring is 1. The molecule has 13 heavy (non-hydrogen) atoms. The van der Waals surface area contributed by atoms with Crippen molar-refractivity contribution in [3.63, 3.8) is 0 Å². The van der Waals surface area contributed by atoms with E-state index in [2.05, 4.69) is 4.98 Å². The molecule has 0 atom stereocenters. The monoisotopic (exact) mass is 173 g/mol. The van der Waals surface area contributed by atoms with E-state index in [4.69, 9.17) is 5.73 Å². The number of nitrogens with zero attached hydrogens (tertiary/aromatic N) is 2. The molecule has 1 aromatic carbocycles. The molecular weight excluding hydrogens is 162 g/mol. The molecule has 0 spiro atoms. The summed E-state index contributed by atoms with van der Waals surface area (Å²) in [4.78, 5) is 4.24. The minimum absolute atomic E-state index is 0.777. The summed E-state index contributed by atoms with van der Waals surface area (Å²) >= 11 is 0. The molecular formula is C10H11N3. The highest BCUT2D eigenvalue weighted by Gasteiger charge is 1.98. The normalized spacial score (nSPS) is 10.2. The Labute approximate surface area is 76.8 Å². The Morgan fingerprint density at radius 3 is 2.46 bits per heavy atom. The molecule has 0 fully saturated rings. The van der Waals surface area contributed by atoms with Gasteiger partial charge in [0.2, 0.25) is 0 Å². The van der Waals surface area contributed by atoms with Gasteiger partial charge in [-0.25, -0.2) is 4.98 Å². The maximum atomic E-state index is 5.58. The van der Waals surface area contributed by atoms with Crippen LogP contribution in [0.15, 0.2) is 36.8 Å². The van der Waals surface area contributed by atoms with Crippen LogP contribution in [0.2, 0.25) is 0 Å². The number of imidazole rings is 1. The fourth-order valence-electron chi connectivity index (χ4n) is 1.22. The van der Waals surface area contributed by atoms with Gasteiger partial charge in [0.05, 0.1) is 12.0 Å². The van der Waals surface area contributed by atoms with Gasteiger partial charge < -0.3 is 10.3 Å². The molecule has 0 saturated carbocycles. The first-order valence-corrected chi connectivity index (χ1v) is 4.09. The van der Waals surface area contributed by atoms with Crippen molar-refractivity contribution in [2.45, 2.75) is 0 Å². The van der Waals surface area contributed by atoms with Crippen molar-refractivity contribution >= 4 is 5.69 Å². The van der Waals surface area contributed by atoms with Gasteiger partial charge in [-0.3, -0.25) is 0 Å². The van der Waals surface area contributed by atoms with Crippen LogP contribution in [-0.2, 0) is 7.05 Å². The maximum Gasteiger partial charge on any atom is 0.0951 e. The zero-order chi connectivity index (χ0) is 9.26. The van der Waals surface area contributed by atoms with E-state index in [-0.39, 0.29) is 0 Å². The van der Waals surface area contributed by atoms with Gasteiger partial charge in [-0.2, -0.15) is 0 Å². The van der Waals surface area contributed by atoms with E-state index in [0.717, 1.165) is 16.9 Å². The van der Waals surface area contributed by atoms with Gasteiger partial charge >= 0.3 is 0 Å². The van der Waals surface area contributed by atoms with Crippen LogP contribution in [0.3, 0.4) is 0 Å². The van der Waals surface area contributed by atoms with Gasteiger partial charge in [0.15, 0.2) is 0 Å². The topological polar surface area (TPSA) is 43.8 Å². The second-order valence-electron chi connectivity index (χ2n) is 3.05. The van der Waals surface area contributed by atoms with E-state index in [0.29, 0.717) is 0 Å². The largest absolute Gasteiger partial charge is 0.399 e. The average molecular weight is 173 g/mol. The van der Waals surface area contributed by atoms with Crippen LogP contribution in [0, 0.1) is 0 Å². The number of aromatic nitrogens is 2. The fourth-order valence-corrected chi connectivity index (χ4v) is 1.22. The first-order valence-electron chi connectivity index (χ1n) is 4.09. The lowest BCUT2D eigenvalue weighted by Crippen LogP contribution is -1.83. The molecule has 3 heteroatoms. The molecule has 0 aliphatic heterocycles. The lowest BCUT2D eigenvalue weighted by Gasteiger charge is -1.96. The summed E-state index contributed by atoms with van der Waals surface area (Å²) in [6, 6.07) is 7.70. The smallest absolute Gasteiger partial charge is 0.0951 e. The Morgan fingerprint density at radius 2 is 1.92 bits per heavy atom. The third-order valence-electron chi connectivity index (χ3n) is 1.91. The third-order valence-corrected chi connectivity index (χ3v) is 1.91. The Balaban J connectivity index is 2.41. The Kier molecular flexibility index (Phi) is 1.77. The number of hydrogen-bond acceptors (Lipinski definition) is 2. The van der Waals surface area contributed by atoms with E-state index in [1.165, 1.54) is 0 Å². The SMILES string of the molecule is Cn1cnc(-c2ccc(N)cc2)c1. The number of hydrogen-bond donors (Lipinski definition) is 1. The number of rotatable bonds is 1. The highest BCUT2D eigenvalue weighted by molar-refractivity contribution is 5.61. The van der Waals surface area contributed by atoms with Crippen LogP contribution in [0.4, 0.5) is 5.69 Å². The van der Waals surface area contributed by atoms with E-state index in [9.17, 15) is 0 Å². The van der Waals surface area contributed by atoms with Crippen molar-refractivity contribution in [2.24, 2.45) is 7.05 Å². The van der Waals surface area contributed by atoms with Crippen molar-refractivity contribution < 1.29 is 0 Å². The summed E-state index contributed by atoms with van der Waals surface area (Å²) < 4.78 is 1.92. The van der Waals surface area contributed by atoms with Crippen molar-refractivity contribution in [3.8, 4) is 11.3 Å². The first kappa shape index (κ1) is 7.86. The Bertz CT molecular complexity index is 400. The molecule has 3 nitrogen and oxygen atoms in total. The number of nitrogens with two attached hydrogens (primary N) is 1. The quantitative estimate of drug-likeness (QED) is 0.666. The fraction of sp³-hybridized carbons (Fsp3) is 0.100. The third kappa shape index (κ3) is 1.54. The minimum atomic E-state index is 0.777. The van der Waals surface area contributed by atoms with Crippen LogP contribution in [0.5, 0.6) is 0 Å². The molecule has 0 radical (unpaired) electrons. The van der Waals surface area contributed by atoms with Gasteiger partial charge in [0, 0.05) is 24.5 Å². The molecule has 0 saturated heterocycles. The number of anilines is 1. The molecule has 0 bridgehead atoms. The molecule has 1 aromatic heterocycles. The van der Waals surface area contributed by atoms with Crippen LogP contribution in [0.25, 0.3) is 11.3 Å². The van der Waals surface area contributed by atoms with Crippen molar-refractivity contribution in [2.75, 3.05) is 5.73 Å². The van der Waals surface area contributed by atoms with Crippen LogP contribution >= 0.6 is 0 Å². The number of benzene rings is 1.